The molecule has 5 nitrogen and oxygen atoms in total. The van der Waals surface area contributed by atoms with Gasteiger partial charge in [0.25, 0.3) is 0 Å². The number of halogens is 1. The number of nitrogens with one attached hydrogen (secondary N) is 1. The molecule has 1 aliphatic heterocycles. The molecule has 1 atom stereocenters. The Morgan fingerprint density at radius 2 is 2.32 bits per heavy atom. The highest BCUT2D eigenvalue weighted by Crippen LogP contribution is 2.20. The minimum absolute atomic E-state index is 0. The van der Waals surface area contributed by atoms with Crippen LogP contribution in [-0.4, -0.2) is 43.4 Å². The van der Waals surface area contributed by atoms with E-state index in [1.54, 1.807) is 22.6 Å². The van der Waals surface area contributed by atoms with E-state index in [4.69, 9.17) is 0 Å². The maximum absolute atomic E-state index is 12.6. The highest BCUT2D eigenvalue weighted by molar-refractivity contribution is 7.89. The lowest BCUT2D eigenvalue weighted by molar-refractivity contribution is 0.335. The summed E-state index contributed by atoms with van der Waals surface area (Å²) in [6, 6.07) is 3.33. The normalized spacial score (nSPS) is 19.4. The zero-order valence-corrected chi connectivity index (χ0v) is 12.6. The van der Waals surface area contributed by atoms with Crippen molar-refractivity contribution in [3.63, 3.8) is 0 Å². The molecule has 0 radical (unpaired) electrons. The van der Waals surface area contributed by atoms with Gasteiger partial charge in [-0.05, 0) is 31.5 Å². The molecule has 1 fully saturated rings. The first-order chi connectivity index (χ1) is 8.66. The summed E-state index contributed by atoms with van der Waals surface area (Å²) in [5, 5.41) is 3.21. The van der Waals surface area contributed by atoms with E-state index in [0.29, 0.717) is 6.54 Å². The molecule has 19 heavy (non-hydrogen) atoms. The Kier molecular flexibility index (Phi) is 6.19. The predicted octanol–water partition coefficient (Wildman–Crippen LogP) is 1.27. The molecule has 7 heteroatoms. The first-order valence-electron chi connectivity index (χ1n) is 6.29. The van der Waals surface area contributed by atoms with Gasteiger partial charge in [-0.2, -0.15) is 4.31 Å². The lowest BCUT2D eigenvalue weighted by atomic mass is 10.2. The topological polar surface area (TPSA) is 62.3 Å². The summed E-state index contributed by atoms with van der Waals surface area (Å²) in [4.78, 5) is 4.18. The SMILES string of the molecule is CCCN(C1CCNC1)S(=O)(=O)c1cccnc1.Cl. The summed E-state index contributed by atoms with van der Waals surface area (Å²) < 4.78 is 26.8. The van der Waals surface area contributed by atoms with Gasteiger partial charge in [0, 0.05) is 31.5 Å². The van der Waals surface area contributed by atoms with E-state index in [1.165, 1.54) is 6.20 Å². The molecule has 1 saturated heterocycles. The second kappa shape index (κ2) is 7.19. The fourth-order valence-electron chi connectivity index (χ4n) is 2.24. The molecule has 0 aliphatic carbocycles. The maximum Gasteiger partial charge on any atom is 0.244 e. The average molecular weight is 306 g/mol. The fourth-order valence-corrected chi connectivity index (χ4v) is 3.95. The summed E-state index contributed by atoms with van der Waals surface area (Å²) >= 11 is 0. The predicted molar refractivity (Wildman–Crippen MR) is 76.9 cm³/mol. The summed E-state index contributed by atoms with van der Waals surface area (Å²) in [7, 11) is -3.42. The molecule has 2 heterocycles. The zero-order valence-electron chi connectivity index (χ0n) is 10.9. The third-order valence-corrected chi connectivity index (χ3v) is 5.06. The largest absolute Gasteiger partial charge is 0.315 e. The summed E-state index contributed by atoms with van der Waals surface area (Å²) in [6.07, 6.45) is 4.69. The Bertz CT molecular complexity index is 475. The number of aromatic nitrogens is 1. The molecule has 0 amide bonds. The highest BCUT2D eigenvalue weighted by atomic mass is 35.5. The van der Waals surface area contributed by atoms with E-state index in [2.05, 4.69) is 10.3 Å². The van der Waals surface area contributed by atoms with Crippen LogP contribution >= 0.6 is 12.4 Å². The molecule has 1 aromatic heterocycles. The Labute approximate surface area is 120 Å². The third kappa shape index (κ3) is 3.66. The van der Waals surface area contributed by atoms with Crippen molar-refractivity contribution >= 4 is 22.4 Å². The zero-order chi connectivity index (χ0) is 13.0. The van der Waals surface area contributed by atoms with Crippen molar-refractivity contribution in [3.05, 3.63) is 24.5 Å². The number of rotatable bonds is 5. The summed E-state index contributed by atoms with van der Waals surface area (Å²) in [6.45, 7) is 4.17. The van der Waals surface area contributed by atoms with Crippen LogP contribution in [0.25, 0.3) is 0 Å². The first-order valence-corrected chi connectivity index (χ1v) is 7.73. The minimum Gasteiger partial charge on any atom is -0.315 e. The molecule has 1 N–H and O–H groups in total. The van der Waals surface area contributed by atoms with Crippen LogP contribution in [0.2, 0.25) is 0 Å². The van der Waals surface area contributed by atoms with E-state index >= 15 is 0 Å². The van der Waals surface area contributed by atoms with E-state index < -0.39 is 10.0 Å². The van der Waals surface area contributed by atoms with Crippen molar-refractivity contribution in [2.24, 2.45) is 0 Å². The van der Waals surface area contributed by atoms with Gasteiger partial charge in [0.05, 0.1) is 0 Å². The minimum atomic E-state index is -3.42. The quantitative estimate of drug-likeness (QED) is 0.890. The Balaban J connectivity index is 0.00000180. The van der Waals surface area contributed by atoms with Crippen LogP contribution in [0.1, 0.15) is 19.8 Å². The van der Waals surface area contributed by atoms with Crippen LogP contribution in [0.15, 0.2) is 29.4 Å². The van der Waals surface area contributed by atoms with Crippen molar-refractivity contribution in [3.8, 4) is 0 Å². The molecule has 1 unspecified atom stereocenters. The van der Waals surface area contributed by atoms with Crippen LogP contribution in [0.4, 0.5) is 0 Å². The van der Waals surface area contributed by atoms with Crippen LogP contribution in [0.5, 0.6) is 0 Å². The molecule has 0 spiro atoms. The number of pyridine rings is 1. The summed E-state index contributed by atoms with van der Waals surface area (Å²) in [5.41, 5.74) is 0. The Hall–Kier alpha value is -0.690. The molecule has 1 aliphatic rings. The molecule has 0 bridgehead atoms. The van der Waals surface area contributed by atoms with Crippen molar-refractivity contribution < 1.29 is 8.42 Å². The molecule has 108 valence electrons. The van der Waals surface area contributed by atoms with Crippen molar-refractivity contribution in [1.29, 1.82) is 0 Å². The van der Waals surface area contributed by atoms with Gasteiger partial charge in [0.1, 0.15) is 4.90 Å². The van der Waals surface area contributed by atoms with E-state index in [0.717, 1.165) is 25.9 Å². The number of sulfonamides is 1. The van der Waals surface area contributed by atoms with Gasteiger partial charge in [0.2, 0.25) is 10.0 Å². The van der Waals surface area contributed by atoms with Crippen LogP contribution in [0, 0.1) is 0 Å². The monoisotopic (exact) mass is 305 g/mol. The van der Waals surface area contributed by atoms with Crippen molar-refractivity contribution in [2.75, 3.05) is 19.6 Å². The smallest absolute Gasteiger partial charge is 0.244 e. The summed E-state index contributed by atoms with van der Waals surface area (Å²) in [5.74, 6) is 0. The molecule has 0 saturated carbocycles. The van der Waals surface area contributed by atoms with Crippen LogP contribution < -0.4 is 5.32 Å². The third-order valence-electron chi connectivity index (χ3n) is 3.13. The second-order valence-electron chi connectivity index (χ2n) is 4.45. The number of hydrogen-bond acceptors (Lipinski definition) is 4. The first kappa shape index (κ1) is 16.4. The van der Waals surface area contributed by atoms with Gasteiger partial charge < -0.3 is 5.32 Å². The van der Waals surface area contributed by atoms with E-state index in [-0.39, 0.29) is 23.3 Å². The van der Waals surface area contributed by atoms with Crippen molar-refractivity contribution in [1.82, 2.24) is 14.6 Å². The van der Waals surface area contributed by atoms with Crippen LogP contribution in [0.3, 0.4) is 0 Å². The van der Waals surface area contributed by atoms with E-state index in [9.17, 15) is 8.42 Å². The molecule has 2 rings (SSSR count). The van der Waals surface area contributed by atoms with Gasteiger partial charge in [-0.1, -0.05) is 6.92 Å². The molecular formula is C12H20ClN3O2S. The van der Waals surface area contributed by atoms with Crippen molar-refractivity contribution in [2.45, 2.75) is 30.7 Å². The van der Waals surface area contributed by atoms with Gasteiger partial charge in [-0.15, -0.1) is 12.4 Å². The highest BCUT2D eigenvalue weighted by Gasteiger charge is 2.32. The lowest BCUT2D eigenvalue weighted by Crippen LogP contribution is -2.42. The number of nitrogens with zero attached hydrogens (tertiary/aromatic N) is 2. The molecular weight excluding hydrogens is 286 g/mol. The van der Waals surface area contributed by atoms with E-state index in [1.807, 2.05) is 6.92 Å². The Morgan fingerprint density at radius 3 is 2.84 bits per heavy atom. The average Bonchev–Trinajstić information content (AvgIpc) is 2.90. The fraction of sp³-hybridized carbons (Fsp3) is 0.583. The standard InChI is InChI=1S/C12H19N3O2S.ClH/c1-2-8-15(11-5-7-14-9-11)18(16,17)12-4-3-6-13-10-12;/h3-4,6,10-11,14H,2,5,7-9H2,1H3;1H. The van der Waals surface area contributed by atoms with Gasteiger partial charge in [-0.3, -0.25) is 4.98 Å². The van der Waals surface area contributed by atoms with Crippen LogP contribution in [-0.2, 0) is 10.0 Å². The molecule has 0 aromatic carbocycles. The Morgan fingerprint density at radius 1 is 1.53 bits per heavy atom. The van der Waals surface area contributed by atoms with Gasteiger partial charge >= 0.3 is 0 Å². The van der Waals surface area contributed by atoms with Gasteiger partial charge in [0.15, 0.2) is 0 Å². The number of hydrogen-bond donors (Lipinski definition) is 1. The lowest BCUT2D eigenvalue weighted by Gasteiger charge is -2.27. The molecule has 1 aromatic rings. The maximum atomic E-state index is 12.6. The van der Waals surface area contributed by atoms with Gasteiger partial charge in [-0.25, -0.2) is 8.42 Å². The second-order valence-corrected chi connectivity index (χ2v) is 6.34.